The molecule has 0 fully saturated rings. The Morgan fingerprint density at radius 3 is 2.88 bits per heavy atom. The van der Waals surface area contributed by atoms with E-state index in [0.717, 1.165) is 36.7 Å². The summed E-state index contributed by atoms with van der Waals surface area (Å²) in [5.74, 6) is 0. The lowest BCUT2D eigenvalue weighted by Gasteiger charge is -2.04. The first-order chi connectivity index (χ1) is 7.88. The van der Waals surface area contributed by atoms with Crippen LogP contribution in [0, 0.1) is 0 Å². The van der Waals surface area contributed by atoms with Crippen LogP contribution in [0.3, 0.4) is 0 Å². The van der Waals surface area contributed by atoms with E-state index in [9.17, 15) is 0 Å². The maximum Gasteiger partial charge on any atom is 0.135 e. The van der Waals surface area contributed by atoms with Gasteiger partial charge in [-0.1, -0.05) is 31.2 Å². The van der Waals surface area contributed by atoms with Gasteiger partial charge in [0.15, 0.2) is 0 Å². The van der Waals surface area contributed by atoms with Crippen molar-refractivity contribution in [2.24, 2.45) is 0 Å². The molecule has 0 aliphatic rings. The maximum absolute atomic E-state index is 5.56. The number of anilines is 1. The molecule has 1 aromatic rings. The van der Waals surface area contributed by atoms with Gasteiger partial charge in [-0.3, -0.25) is 0 Å². The van der Waals surface area contributed by atoms with E-state index in [4.69, 9.17) is 4.74 Å². The van der Waals surface area contributed by atoms with Crippen molar-refractivity contribution in [1.29, 1.82) is 0 Å². The van der Waals surface area contributed by atoms with Crippen LogP contribution in [0.1, 0.15) is 45.2 Å². The number of ether oxygens (including phenoxy) is 1. The second-order valence-electron chi connectivity index (χ2n) is 3.74. The zero-order valence-corrected chi connectivity index (χ0v) is 11.0. The number of nitrogens with zero attached hydrogens (tertiary/aromatic N) is 2. The minimum Gasteiger partial charge on any atom is -0.375 e. The lowest BCUT2D eigenvalue weighted by molar-refractivity contribution is 0.115. The van der Waals surface area contributed by atoms with Crippen molar-refractivity contribution in [3.8, 4) is 0 Å². The lowest BCUT2D eigenvalue weighted by atomic mass is 10.3. The normalized spacial score (nSPS) is 10.6. The molecule has 0 aromatic carbocycles. The van der Waals surface area contributed by atoms with Gasteiger partial charge < -0.3 is 10.1 Å². The number of rotatable bonds is 9. The molecule has 0 radical (unpaired) electrons. The first kappa shape index (κ1) is 13.4. The van der Waals surface area contributed by atoms with Crippen LogP contribution in [0.2, 0.25) is 0 Å². The average molecular weight is 243 g/mol. The summed E-state index contributed by atoms with van der Waals surface area (Å²) in [5.41, 5.74) is 0.940. The third kappa shape index (κ3) is 4.90. The summed E-state index contributed by atoms with van der Waals surface area (Å²) in [6, 6.07) is 0. The Hall–Kier alpha value is -0.680. The van der Waals surface area contributed by atoms with Crippen molar-refractivity contribution in [3.63, 3.8) is 0 Å². The van der Waals surface area contributed by atoms with Gasteiger partial charge in [-0.05, 0) is 12.8 Å². The average Bonchev–Trinajstić information content (AvgIpc) is 2.74. The Balaban J connectivity index is 2.22. The molecule has 1 aromatic heterocycles. The van der Waals surface area contributed by atoms with Crippen LogP contribution in [0.25, 0.3) is 0 Å². The molecule has 1 heterocycles. The molecule has 0 bridgehead atoms. The van der Waals surface area contributed by atoms with Gasteiger partial charge in [0.2, 0.25) is 0 Å². The SMILES string of the molecule is CCCCCOCc1nnsc1NCCC. The Labute approximate surface area is 102 Å². The first-order valence-corrected chi connectivity index (χ1v) is 6.78. The smallest absolute Gasteiger partial charge is 0.135 e. The van der Waals surface area contributed by atoms with Crippen LogP contribution >= 0.6 is 11.5 Å². The predicted octanol–water partition coefficient (Wildman–Crippen LogP) is 3.07. The molecule has 0 unspecified atom stereocenters. The van der Waals surface area contributed by atoms with Gasteiger partial charge >= 0.3 is 0 Å². The number of hydrogen-bond donors (Lipinski definition) is 1. The number of nitrogens with one attached hydrogen (secondary N) is 1. The molecule has 92 valence electrons. The molecule has 16 heavy (non-hydrogen) atoms. The molecule has 0 atom stereocenters. The Morgan fingerprint density at radius 1 is 1.25 bits per heavy atom. The third-order valence-corrected chi connectivity index (χ3v) is 2.95. The van der Waals surface area contributed by atoms with Gasteiger partial charge in [-0.25, -0.2) is 0 Å². The third-order valence-electron chi connectivity index (χ3n) is 2.22. The van der Waals surface area contributed by atoms with E-state index in [0.29, 0.717) is 6.61 Å². The van der Waals surface area contributed by atoms with E-state index in [1.807, 2.05) is 0 Å². The Bertz CT molecular complexity index is 278. The summed E-state index contributed by atoms with van der Waals surface area (Å²) < 4.78 is 9.50. The molecular formula is C11H21N3OS. The highest BCUT2D eigenvalue weighted by molar-refractivity contribution is 7.10. The number of aromatic nitrogens is 2. The van der Waals surface area contributed by atoms with E-state index in [2.05, 4.69) is 28.8 Å². The first-order valence-electron chi connectivity index (χ1n) is 6.01. The van der Waals surface area contributed by atoms with Crippen molar-refractivity contribution in [2.75, 3.05) is 18.5 Å². The Kier molecular flexibility index (Phi) is 7.09. The van der Waals surface area contributed by atoms with Gasteiger partial charge in [0, 0.05) is 24.7 Å². The van der Waals surface area contributed by atoms with E-state index in [1.165, 1.54) is 24.4 Å². The van der Waals surface area contributed by atoms with Crippen molar-refractivity contribution < 1.29 is 4.74 Å². The highest BCUT2D eigenvalue weighted by atomic mass is 32.1. The van der Waals surface area contributed by atoms with E-state index < -0.39 is 0 Å². The number of hydrogen-bond acceptors (Lipinski definition) is 5. The van der Waals surface area contributed by atoms with E-state index in [1.54, 1.807) is 0 Å². The largest absolute Gasteiger partial charge is 0.375 e. The molecule has 1 N–H and O–H groups in total. The molecule has 0 aliphatic carbocycles. The van der Waals surface area contributed by atoms with Crippen LogP contribution < -0.4 is 5.32 Å². The fourth-order valence-electron chi connectivity index (χ4n) is 1.30. The number of unbranched alkanes of at least 4 members (excludes halogenated alkanes) is 2. The molecule has 0 amide bonds. The second-order valence-corrected chi connectivity index (χ2v) is 4.49. The van der Waals surface area contributed by atoms with Gasteiger partial charge in [-0.2, -0.15) is 0 Å². The monoisotopic (exact) mass is 243 g/mol. The second kappa shape index (κ2) is 8.47. The highest BCUT2D eigenvalue weighted by Gasteiger charge is 2.06. The summed E-state index contributed by atoms with van der Waals surface area (Å²) in [6.07, 6.45) is 4.70. The highest BCUT2D eigenvalue weighted by Crippen LogP contribution is 2.18. The minimum absolute atomic E-state index is 0.576. The van der Waals surface area contributed by atoms with Crippen molar-refractivity contribution in [2.45, 2.75) is 46.1 Å². The minimum atomic E-state index is 0.576. The molecule has 0 aliphatic heterocycles. The topological polar surface area (TPSA) is 47.0 Å². The van der Waals surface area contributed by atoms with Crippen LogP contribution in [-0.2, 0) is 11.3 Å². The van der Waals surface area contributed by atoms with Crippen LogP contribution in [-0.4, -0.2) is 22.7 Å². The standard InChI is InChI=1S/C11H21N3OS/c1-3-5-6-8-15-9-10-11(12-7-4-2)16-14-13-10/h12H,3-9H2,1-2H3. The zero-order valence-electron chi connectivity index (χ0n) is 10.2. The van der Waals surface area contributed by atoms with Crippen LogP contribution in [0.15, 0.2) is 0 Å². The summed E-state index contributed by atoms with van der Waals surface area (Å²) in [7, 11) is 0. The fraction of sp³-hybridized carbons (Fsp3) is 0.818. The van der Waals surface area contributed by atoms with Crippen molar-refractivity contribution in [1.82, 2.24) is 9.59 Å². The fourth-order valence-corrected chi connectivity index (χ4v) is 1.89. The van der Waals surface area contributed by atoms with Crippen molar-refractivity contribution >= 4 is 16.5 Å². The maximum atomic E-state index is 5.56. The summed E-state index contributed by atoms with van der Waals surface area (Å²) in [6.45, 7) is 6.69. The van der Waals surface area contributed by atoms with E-state index in [-0.39, 0.29) is 0 Å². The molecule has 0 saturated heterocycles. The van der Waals surface area contributed by atoms with Crippen LogP contribution in [0.4, 0.5) is 5.00 Å². The van der Waals surface area contributed by atoms with Gasteiger partial charge in [-0.15, -0.1) is 5.10 Å². The predicted molar refractivity (Wildman–Crippen MR) is 67.9 cm³/mol. The quantitative estimate of drug-likeness (QED) is 0.677. The lowest BCUT2D eigenvalue weighted by Crippen LogP contribution is -2.03. The summed E-state index contributed by atoms with van der Waals surface area (Å²) >= 11 is 1.41. The molecule has 0 saturated carbocycles. The van der Waals surface area contributed by atoms with E-state index >= 15 is 0 Å². The van der Waals surface area contributed by atoms with Gasteiger partial charge in [0.25, 0.3) is 0 Å². The van der Waals surface area contributed by atoms with Gasteiger partial charge in [0.05, 0.1) is 6.61 Å². The van der Waals surface area contributed by atoms with Crippen molar-refractivity contribution in [3.05, 3.63) is 5.69 Å². The summed E-state index contributed by atoms with van der Waals surface area (Å²) in [5, 5.41) is 8.43. The van der Waals surface area contributed by atoms with Gasteiger partial charge in [0.1, 0.15) is 10.7 Å². The Morgan fingerprint density at radius 2 is 2.12 bits per heavy atom. The summed E-state index contributed by atoms with van der Waals surface area (Å²) in [4.78, 5) is 0. The molecule has 1 rings (SSSR count). The molecule has 4 nitrogen and oxygen atoms in total. The molecule has 0 spiro atoms. The zero-order chi connectivity index (χ0) is 11.6. The van der Waals surface area contributed by atoms with Crippen LogP contribution in [0.5, 0.6) is 0 Å². The molecular weight excluding hydrogens is 222 g/mol. The molecule has 5 heteroatoms.